The zero-order valence-electron chi connectivity index (χ0n) is 19.7. The Morgan fingerprint density at radius 3 is 2.89 bits per heavy atom. The van der Waals surface area contributed by atoms with Gasteiger partial charge in [-0.3, -0.25) is 4.79 Å². The molecule has 0 radical (unpaired) electrons. The summed E-state index contributed by atoms with van der Waals surface area (Å²) in [4.78, 5) is 34.6. The number of nitrogens with one attached hydrogen (secondary N) is 3. The van der Waals surface area contributed by atoms with Gasteiger partial charge in [0.05, 0.1) is 18.0 Å². The van der Waals surface area contributed by atoms with E-state index in [1.807, 2.05) is 0 Å². The molecule has 0 bridgehead atoms. The summed E-state index contributed by atoms with van der Waals surface area (Å²) in [5, 5.41) is 3.75. The Bertz CT molecular complexity index is 1640. The molecule has 3 N–H and O–H groups in total. The standard InChI is InChI=1S/C25H19F3N4O5S/c1-2-35-25(34)37-23-21-10(9-29-23)17(18-12(30-21)4-3-5-14(18)33)15-6-7-16(36-15)38-24-31-13-8-11(26)19(27)20(28)22(13)32-24/h6-9,17,29-30H,2-5H2,1H3,(H,31,32). The van der Waals surface area contributed by atoms with Gasteiger partial charge in [-0.1, -0.05) is 0 Å². The Morgan fingerprint density at radius 2 is 2.08 bits per heavy atom. The number of halogens is 3. The Balaban J connectivity index is 1.35. The van der Waals surface area contributed by atoms with Crippen LogP contribution in [-0.4, -0.2) is 33.5 Å². The van der Waals surface area contributed by atoms with Crippen molar-refractivity contribution < 1.29 is 36.7 Å². The van der Waals surface area contributed by atoms with Gasteiger partial charge in [-0.25, -0.2) is 22.9 Å². The van der Waals surface area contributed by atoms with E-state index in [9.17, 15) is 22.8 Å². The lowest BCUT2D eigenvalue weighted by Gasteiger charge is -2.31. The van der Waals surface area contributed by atoms with Gasteiger partial charge in [0.15, 0.2) is 33.5 Å². The Kier molecular flexibility index (Phi) is 5.94. The molecular formula is C25H19F3N4O5S. The van der Waals surface area contributed by atoms with E-state index >= 15 is 0 Å². The number of furan rings is 1. The number of benzene rings is 1. The van der Waals surface area contributed by atoms with Crippen LogP contribution < -0.4 is 10.1 Å². The smallest absolute Gasteiger partial charge is 0.453 e. The third-order valence-corrected chi connectivity index (χ3v) is 7.14. The third kappa shape index (κ3) is 4.02. The second kappa shape index (κ2) is 9.31. The van der Waals surface area contributed by atoms with Crippen molar-refractivity contribution in [1.82, 2.24) is 15.0 Å². The molecule has 0 amide bonds. The molecule has 1 aliphatic carbocycles. The summed E-state index contributed by atoms with van der Waals surface area (Å²) in [5.41, 5.74) is 2.09. The highest BCUT2D eigenvalue weighted by atomic mass is 32.2. The second-order valence-electron chi connectivity index (χ2n) is 8.64. The normalized spacial score (nSPS) is 16.8. The minimum atomic E-state index is -1.60. The third-order valence-electron chi connectivity index (χ3n) is 6.33. The molecule has 13 heteroatoms. The zero-order chi connectivity index (χ0) is 26.6. The number of Topliss-reactive ketones (excluding diaryl/α,β-unsaturated/α-hetero) is 1. The summed E-state index contributed by atoms with van der Waals surface area (Å²) in [6.07, 6.45) is 2.46. The van der Waals surface area contributed by atoms with Crippen LogP contribution in [0.1, 0.15) is 43.4 Å². The topological polar surface area (TPSA) is 122 Å². The lowest BCUT2D eigenvalue weighted by Crippen LogP contribution is -2.26. The molecule has 0 saturated carbocycles. The molecule has 1 atom stereocenters. The molecule has 1 aromatic carbocycles. The molecule has 4 aromatic rings. The van der Waals surface area contributed by atoms with Gasteiger partial charge in [-0.15, -0.1) is 0 Å². The van der Waals surface area contributed by atoms with Crippen molar-refractivity contribution in [2.24, 2.45) is 0 Å². The molecule has 0 saturated heterocycles. The SMILES string of the molecule is CCOC(=O)Oc1[nH]cc2c1NC1=C(C(=O)CCC1)C2c1ccc(Sc2nc3c(F)c(F)c(F)cc3[nH]2)o1. The summed E-state index contributed by atoms with van der Waals surface area (Å²) < 4.78 is 57.6. The Morgan fingerprint density at radius 1 is 1.24 bits per heavy atom. The predicted molar refractivity (Wildman–Crippen MR) is 129 cm³/mol. The van der Waals surface area contributed by atoms with Crippen molar-refractivity contribution in [3.8, 4) is 5.88 Å². The fourth-order valence-corrected chi connectivity index (χ4v) is 5.50. The highest BCUT2D eigenvalue weighted by Gasteiger charge is 2.39. The summed E-state index contributed by atoms with van der Waals surface area (Å²) in [7, 11) is 0. The number of ether oxygens (including phenoxy) is 2. The van der Waals surface area contributed by atoms with Gasteiger partial charge < -0.3 is 29.2 Å². The van der Waals surface area contributed by atoms with Crippen molar-refractivity contribution in [3.63, 3.8) is 0 Å². The largest absolute Gasteiger partial charge is 0.515 e. The molecular weight excluding hydrogens is 525 g/mol. The minimum Gasteiger partial charge on any atom is -0.453 e. The fraction of sp³-hybridized carbons (Fsp3) is 0.240. The van der Waals surface area contributed by atoms with E-state index in [0.29, 0.717) is 46.9 Å². The molecule has 6 rings (SSSR count). The van der Waals surface area contributed by atoms with Crippen LogP contribution in [0.15, 0.2) is 50.3 Å². The van der Waals surface area contributed by atoms with Gasteiger partial charge in [0.2, 0.25) is 5.88 Å². The maximum Gasteiger partial charge on any atom is 0.515 e. The van der Waals surface area contributed by atoms with E-state index in [2.05, 4.69) is 20.3 Å². The van der Waals surface area contributed by atoms with E-state index in [4.69, 9.17) is 13.9 Å². The number of hydrogen-bond donors (Lipinski definition) is 3. The monoisotopic (exact) mass is 544 g/mol. The number of hydrogen-bond acceptors (Lipinski definition) is 8. The van der Waals surface area contributed by atoms with Crippen LogP contribution in [0.3, 0.4) is 0 Å². The maximum atomic E-state index is 14.1. The van der Waals surface area contributed by atoms with Crippen molar-refractivity contribution in [2.75, 3.05) is 11.9 Å². The number of H-pyrrole nitrogens is 2. The van der Waals surface area contributed by atoms with Gasteiger partial charge in [-0.2, -0.15) is 0 Å². The molecule has 196 valence electrons. The van der Waals surface area contributed by atoms with Crippen LogP contribution in [0.25, 0.3) is 11.0 Å². The molecule has 4 heterocycles. The quantitative estimate of drug-likeness (QED) is 0.202. The number of fused-ring (bicyclic) bond motifs is 2. The number of allylic oxidation sites excluding steroid dienone is 2. The fourth-order valence-electron chi connectivity index (χ4n) is 4.74. The number of aromatic amines is 2. The molecule has 0 spiro atoms. The minimum absolute atomic E-state index is 0.00253. The number of nitrogens with zero attached hydrogens (tertiary/aromatic N) is 1. The van der Waals surface area contributed by atoms with Gasteiger partial charge in [-0.05, 0) is 43.7 Å². The van der Waals surface area contributed by atoms with Crippen LogP contribution in [0.2, 0.25) is 0 Å². The van der Waals surface area contributed by atoms with Gasteiger partial charge >= 0.3 is 6.16 Å². The van der Waals surface area contributed by atoms with E-state index in [1.165, 1.54) is 0 Å². The molecule has 3 aromatic heterocycles. The number of ketones is 1. The maximum absolute atomic E-state index is 14.1. The molecule has 1 aliphatic heterocycles. The molecule has 9 nitrogen and oxygen atoms in total. The highest BCUT2D eigenvalue weighted by molar-refractivity contribution is 7.99. The van der Waals surface area contributed by atoms with Crippen LogP contribution in [0.4, 0.5) is 23.7 Å². The first-order chi connectivity index (χ1) is 18.3. The van der Waals surface area contributed by atoms with Gasteiger partial charge in [0.25, 0.3) is 0 Å². The van der Waals surface area contributed by atoms with Crippen LogP contribution in [0.5, 0.6) is 5.88 Å². The summed E-state index contributed by atoms with van der Waals surface area (Å²) in [6, 6.07) is 4.19. The summed E-state index contributed by atoms with van der Waals surface area (Å²) >= 11 is 0.994. The van der Waals surface area contributed by atoms with Crippen molar-refractivity contribution in [2.45, 2.75) is 42.4 Å². The first-order valence-corrected chi connectivity index (χ1v) is 12.6. The average Bonchev–Trinajstić information content (AvgIpc) is 3.61. The Labute approximate surface area is 216 Å². The first-order valence-electron chi connectivity index (χ1n) is 11.7. The van der Waals surface area contributed by atoms with Crippen molar-refractivity contribution in [1.29, 1.82) is 0 Å². The van der Waals surface area contributed by atoms with E-state index in [0.717, 1.165) is 23.5 Å². The zero-order valence-corrected chi connectivity index (χ0v) is 20.6. The number of anilines is 1. The molecule has 2 aliphatic rings. The summed E-state index contributed by atoms with van der Waals surface area (Å²) in [5.74, 6) is -4.31. The Hall–Kier alpha value is -4.13. The van der Waals surface area contributed by atoms with E-state index in [-0.39, 0.29) is 34.5 Å². The van der Waals surface area contributed by atoms with Crippen molar-refractivity contribution >= 4 is 40.4 Å². The van der Waals surface area contributed by atoms with Crippen molar-refractivity contribution in [3.05, 3.63) is 64.4 Å². The van der Waals surface area contributed by atoms with Crippen LogP contribution in [0, 0.1) is 17.5 Å². The number of imidazole rings is 1. The first kappa shape index (κ1) is 24.2. The lowest BCUT2D eigenvalue weighted by atomic mass is 9.79. The number of carbonyl (C=O) groups excluding carboxylic acids is 2. The molecule has 0 fully saturated rings. The van der Waals surface area contributed by atoms with E-state index < -0.39 is 29.5 Å². The summed E-state index contributed by atoms with van der Waals surface area (Å²) in [6.45, 7) is 1.81. The van der Waals surface area contributed by atoms with Gasteiger partial charge in [0.1, 0.15) is 17.0 Å². The average molecular weight is 545 g/mol. The number of aromatic nitrogens is 3. The number of carbonyl (C=O) groups is 2. The second-order valence-corrected chi connectivity index (χ2v) is 9.64. The molecule has 38 heavy (non-hydrogen) atoms. The van der Waals surface area contributed by atoms with Gasteiger partial charge in [0, 0.05) is 35.5 Å². The molecule has 1 unspecified atom stereocenters. The predicted octanol–water partition coefficient (Wildman–Crippen LogP) is 6.15. The van der Waals surface area contributed by atoms with Crippen LogP contribution >= 0.6 is 11.8 Å². The van der Waals surface area contributed by atoms with E-state index in [1.54, 1.807) is 25.3 Å². The highest BCUT2D eigenvalue weighted by Crippen LogP contribution is 2.49. The lowest BCUT2D eigenvalue weighted by molar-refractivity contribution is -0.116. The number of rotatable bonds is 5. The van der Waals surface area contributed by atoms with Crippen LogP contribution in [-0.2, 0) is 9.53 Å².